The maximum atomic E-state index is 12.3. The molecule has 0 aliphatic carbocycles. The van der Waals surface area contributed by atoms with E-state index in [1.807, 2.05) is 20.8 Å². The second-order valence-corrected chi connectivity index (χ2v) is 7.68. The molecule has 0 saturated carbocycles. The molecule has 2 unspecified atom stereocenters. The number of halogens is 2. The number of nitrogens with one attached hydrogen (secondary N) is 1. The van der Waals surface area contributed by atoms with Gasteiger partial charge in [-0.15, -0.1) is 0 Å². The lowest BCUT2D eigenvalue weighted by atomic mass is 10.2. The Morgan fingerprint density at radius 2 is 2.26 bits per heavy atom. The molecule has 1 fully saturated rings. The predicted octanol–water partition coefficient (Wildman–Crippen LogP) is 3.28. The Kier molecular flexibility index (Phi) is 5.75. The summed E-state index contributed by atoms with van der Waals surface area (Å²) in [7, 11) is 0. The van der Waals surface area contributed by atoms with Crippen LogP contribution in [0.4, 0.5) is 10.6 Å². The average molecular weight is 407 g/mol. The number of aliphatic hydroxyl groups excluding tert-OH is 1. The third-order valence-electron chi connectivity index (χ3n) is 3.34. The van der Waals surface area contributed by atoms with Crippen LogP contribution in [-0.2, 0) is 4.74 Å². The predicted molar refractivity (Wildman–Crippen MR) is 92.8 cm³/mol. The number of pyridine rings is 1. The first-order valence-electron chi connectivity index (χ1n) is 7.39. The van der Waals surface area contributed by atoms with Crippen LogP contribution in [0.1, 0.15) is 27.2 Å². The van der Waals surface area contributed by atoms with Gasteiger partial charge in [0.1, 0.15) is 16.0 Å². The minimum atomic E-state index is -0.564. The van der Waals surface area contributed by atoms with E-state index in [0.717, 1.165) is 0 Å². The van der Waals surface area contributed by atoms with Crippen molar-refractivity contribution in [3.05, 3.63) is 21.8 Å². The molecule has 8 heteroatoms. The molecule has 6 nitrogen and oxygen atoms in total. The molecule has 128 valence electrons. The number of carbonyl (C=O) groups is 1. The Morgan fingerprint density at radius 3 is 2.87 bits per heavy atom. The quantitative estimate of drug-likeness (QED) is 0.754. The maximum Gasteiger partial charge on any atom is 0.410 e. The Balaban J connectivity index is 1.99. The zero-order chi connectivity index (χ0) is 17.2. The van der Waals surface area contributed by atoms with Crippen molar-refractivity contribution in [2.75, 3.05) is 18.4 Å². The number of rotatable bonds is 3. The fourth-order valence-corrected chi connectivity index (χ4v) is 2.80. The zero-order valence-electron chi connectivity index (χ0n) is 13.3. The van der Waals surface area contributed by atoms with E-state index in [0.29, 0.717) is 28.4 Å². The van der Waals surface area contributed by atoms with Gasteiger partial charge in [0.15, 0.2) is 0 Å². The van der Waals surface area contributed by atoms with Gasteiger partial charge in [0.05, 0.1) is 23.7 Å². The largest absolute Gasteiger partial charge is 0.444 e. The summed E-state index contributed by atoms with van der Waals surface area (Å²) in [6, 6.07) is 3.34. The van der Waals surface area contributed by atoms with E-state index >= 15 is 0 Å². The molecule has 0 bridgehead atoms. The summed E-state index contributed by atoms with van der Waals surface area (Å²) in [4.78, 5) is 18.1. The summed E-state index contributed by atoms with van der Waals surface area (Å²) in [5.74, 6) is 0.645. The normalized spacial score (nSPS) is 21.4. The van der Waals surface area contributed by atoms with Gasteiger partial charge in [-0.3, -0.25) is 0 Å². The third-order valence-corrected chi connectivity index (χ3v) is 4.48. The monoisotopic (exact) mass is 405 g/mol. The number of hydrogen-bond donors (Lipinski definition) is 2. The van der Waals surface area contributed by atoms with E-state index in [-0.39, 0.29) is 12.6 Å². The van der Waals surface area contributed by atoms with Crippen LogP contribution in [0.15, 0.2) is 16.7 Å². The minimum Gasteiger partial charge on any atom is -0.444 e. The molecule has 2 atom stereocenters. The van der Waals surface area contributed by atoms with Gasteiger partial charge in [-0.05, 0) is 55.3 Å². The molecule has 1 aromatic rings. The van der Waals surface area contributed by atoms with Crippen LogP contribution in [0.3, 0.4) is 0 Å². The first-order valence-corrected chi connectivity index (χ1v) is 8.56. The van der Waals surface area contributed by atoms with Gasteiger partial charge in [0.25, 0.3) is 0 Å². The Hall–Kier alpha value is -1.05. The van der Waals surface area contributed by atoms with Crippen molar-refractivity contribution in [1.29, 1.82) is 0 Å². The number of likely N-dealkylation sites (tertiary alicyclic amines) is 1. The molecular weight excluding hydrogens is 386 g/mol. The SMILES string of the molecule is CC(C)(C)OC(=O)N1CC(O)CC1CNc1ccc(Cl)c(Br)n1. The highest BCUT2D eigenvalue weighted by molar-refractivity contribution is 9.10. The van der Waals surface area contributed by atoms with Gasteiger partial charge in [-0.25, -0.2) is 9.78 Å². The topological polar surface area (TPSA) is 74.7 Å². The lowest BCUT2D eigenvalue weighted by Crippen LogP contribution is -2.42. The molecule has 1 aromatic heterocycles. The van der Waals surface area contributed by atoms with Gasteiger partial charge in [-0.2, -0.15) is 0 Å². The number of nitrogens with zero attached hydrogens (tertiary/aromatic N) is 2. The number of anilines is 1. The highest BCUT2D eigenvalue weighted by atomic mass is 79.9. The van der Waals surface area contributed by atoms with Crippen molar-refractivity contribution in [2.24, 2.45) is 0 Å². The van der Waals surface area contributed by atoms with Crippen molar-refractivity contribution >= 4 is 39.4 Å². The Morgan fingerprint density at radius 1 is 1.57 bits per heavy atom. The Labute approximate surface area is 149 Å². The van der Waals surface area contributed by atoms with E-state index in [4.69, 9.17) is 16.3 Å². The van der Waals surface area contributed by atoms with Crippen LogP contribution in [0, 0.1) is 0 Å². The molecular formula is C15H21BrClN3O3. The molecule has 0 radical (unpaired) electrons. The smallest absolute Gasteiger partial charge is 0.410 e. The molecule has 1 amide bonds. The summed E-state index contributed by atoms with van der Waals surface area (Å²) in [6.07, 6.45) is -0.452. The molecule has 2 N–H and O–H groups in total. The molecule has 1 aliphatic rings. The lowest BCUT2D eigenvalue weighted by Gasteiger charge is -2.28. The van der Waals surface area contributed by atoms with Gasteiger partial charge in [0.2, 0.25) is 0 Å². The van der Waals surface area contributed by atoms with Crippen LogP contribution in [0.2, 0.25) is 5.02 Å². The van der Waals surface area contributed by atoms with E-state index in [9.17, 15) is 9.90 Å². The second-order valence-electron chi connectivity index (χ2n) is 6.53. The molecule has 23 heavy (non-hydrogen) atoms. The summed E-state index contributed by atoms with van der Waals surface area (Å²) in [5.41, 5.74) is -0.564. The van der Waals surface area contributed by atoms with Crippen molar-refractivity contribution in [1.82, 2.24) is 9.88 Å². The lowest BCUT2D eigenvalue weighted by molar-refractivity contribution is 0.0216. The van der Waals surface area contributed by atoms with E-state index in [2.05, 4.69) is 26.2 Å². The van der Waals surface area contributed by atoms with Crippen LogP contribution < -0.4 is 5.32 Å². The minimum absolute atomic E-state index is 0.156. The number of carbonyl (C=O) groups excluding carboxylic acids is 1. The number of aromatic nitrogens is 1. The summed E-state index contributed by atoms with van der Waals surface area (Å²) in [6.45, 7) is 6.20. The van der Waals surface area contributed by atoms with Crippen LogP contribution in [-0.4, -0.2) is 51.9 Å². The highest BCUT2D eigenvalue weighted by Crippen LogP contribution is 2.24. The van der Waals surface area contributed by atoms with E-state index < -0.39 is 17.8 Å². The number of hydrogen-bond acceptors (Lipinski definition) is 5. The average Bonchev–Trinajstić information content (AvgIpc) is 2.79. The fraction of sp³-hybridized carbons (Fsp3) is 0.600. The highest BCUT2D eigenvalue weighted by Gasteiger charge is 2.36. The number of aliphatic hydroxyl groups is 1. The molecule has 2 heterocycles. The standard InChI is InChI=1S/C15H21BrClN3O3/c1-15(2,3)23-14(22)20-8-10(21)6-9(20)7-18-12-5-4-11(17)13(16)19-12/h4-5,9-10,21H,6-8H2,1-3H3,(H,18,19). The number of β-amino-alcohol motifs (C(OH)–C–C–N with tert-alkyl or cyclic N) is 1. The van der Waals surface area contributed by atoms with Gasteiger partial charge < -0.3 is 20.1 Å². The summed E-state index contributed by atoms with van der Waals surface area (Å²) >= 11 is 9.18. The van der Waals surface area contributed by atoms with Crippen LogP contribution in [0.5, 0.6) is 0 Å². The summed E-state index contributed by atoms with van der Waals surface area (Å²) in [5, 5.41) is 13.6. The molecule has 1 aliphatic heterocycles. The number of amides is 1. The molecule has 0 spiro atoms. The van der Waals surface area contributed by atoms with Crippen molar-refractivity contribution < 1.29 is 14.6 Å². The van der Waals surface area contributed by atoms with Crippen molar-refractivity contribution in [2.45, 2.75) is 44.9 Å². The van der Waals surface area contributed by atoms with Crippen LogP contribution >= 0.6 is 27.5 Å². The first kappa shape index (κ1) is 18.3. The molecule has 0 aromatic carbocycles. The van der Waals surface area contributed by atoms with Crippen LogP contribution in [0.25, 0.3) is 0 Å². The third kappa shape index (κ3) is 5.22. The second kappa shape index (κ2) is 7.23. The van der Waals surface area contributed by atoms with E-state index in [1.165, 1.54) is 0 Å². The molecule has 1 saturated heterocycles. The summed E-state index contributed by atoms with van der Waals surface area (Å²) < 4.78 is 5.95. The van der Waals surface area contributed by atoms with Gasteiger partial charge in [-0.1, -0.05) is 11.6 Å². The first-order chi connectivity index (χ1) is 10.7. The Bertz CT molecular complexity index is 580. The van der Waals surface area contributed by atoms with Crippen molar-refractivity contribution in [3.63, 3.8) is 0 Å². The fourth-order valence-electron chi connectivity index (χ4n) is 2.37. The maximum absolute atomic E-state index is 12.3. The molecule has 2 rings (SSSR count). The zero-order valence-corrected chi connectivity index (χ0v) is 15.7. The van der Waals surface area contributed by atoms with Gasteiger partial charge >= 0.3 is 6.09 Å². The van der Waals surface area contributed by atoms with E-state index in [1.54, 1.807) is 17.0 Å². The van der Waals surface area contributed by atoms with Gasteiger partial charge in [0, 0.05) is 6.54 Å². The van der Waals surface area contributed by atoms with Crippen molar-refractivity contribution in [3.8, 4) is 0 Å². The number of ether oxygens (including phenoxy) is 1.